The van der Waals surface area contributed by atoms with Crippen LogP contribution in [0.5, 0.6) is 5.75 Å². The van der Waals surface area contributed by atoms with Crippen LogP contribution in [0.2, 0.25) is 0 Å². The Balaban J connectivity index is 2.90. The molecular weight excluding hydrogens is 278 g/mol. The third-order valence-corrected chi connectivity index (χ3v) is 2.93. The summed E-state index contributed by atoms with van der Waals surface area (Å²) < 4.78 is 27.7. The molecule has 0 aliphatic carbocycles. The summed E-state index contributed by atoms with van der Waals surface area (Å²) in [5.41, 5.74) is 1.71. The van der Waals surface area contributed by atoms with Crippen LogP contribution in [-0.4, -0.2) is 14.5 Å². The van der Waals surface area contributed by atoms with Gasteiger partial charge in [-0.3, -0.25) is 0 Å². The highest BCUT2D eigenvalue weighted by molar-refractivity contribution is 8.12. The Kier molecular flexibility index (Phi) is 4.59. The third kappa shape index (κ3) is 4.54. The first kappa shape index (κ1) is 14.8. The highest BCUT2D eigenvalue weighted by atomic mass is 35.7. The predicted molar refractivity (Wildman–Crippen MR) is 69.2 cm³/mol. The van der Waals surface area contributed by atoms with Crippen LogP contribution >= 0.6 is 10.7 Å². The molecule has 0 aromatic heterocycles. The van der Waals surface area contributed by atoms with Crippen LogP contribution in [0, 0.1) is 6.92 Å². The number of ether oxygens (including phenoxy) is 1. The Morgan fingerprint density at radius 1 is 1.39 bits per heavy atom. The van der Waals surface area contributed by atoms with Crippen LogP contribution in [0.25, 0.3) is 0 Å². The molecule has 0 aliphatic heterocycles. The molecule has 1 N–H and O–H groups in total. The van der Waals surface area contributed by atoms with E-state index in [4.69, 9.17) is 15.4 Å². The van der Waals surface area contributed by atoms with Crippen molar-refractivity contribution in [2.24, 2.45) is 0 Å². The average molecular weight is 292 g/mol. The molecule has 0 heterocycles. The van der Waals surface area contributed by atoms with Gasteiger partial charge in [0.2, 0.25) is 0 Å². The minimum absolute atomic E-state index is 0.271. The Morgan fingerprint density at radius 2 is 2.00 bits per heavy atom. The maximum absolute atomic E-state index is 11.3. The minimum Gasteiger partial charge on any atom is -0.409 e. The van der Waals surface area contributed by atoms with Crippen molar-refractivity contribution in [3.8, 4) is 5.75 Å². The molecule has 0 saturated carbocycles. The quantitative estimate of drug-likeness (QED) is 0.869. The maximum Gasteiger partial charge on any atom is 0.427 e. The number of rotatable bonds is 3. The molecule has 18 heavy (non-hydrogen) atoms. The molecule has 0 spiro atoms. The van der Waals surface area contributed by atoms with Gasteiger partial charge in [-0.2, -0.15) is 8.42 Å². The van der Waals surface area contributed by atoms with E-state index in [2.05, 4.69) is 0 Å². The van der Waals surface area contributed by atoms with Crippen molar-refractivity contribution in [3.05, 3.63) is 29.3 Å². The van der Waals surface area contributed by atoms with Crippen molar-refractivity contribution in [3.63, 3.8) is 0 Å². The van der Waals surface area contributed by atoms with Gasteiger partial charge in [-0.15, -0.1) is 0 Å². The lowest BCUT2D eigenvalue weighted by molar-refractivity contribution is 0.206. The third-order valence-electron chi connectivity index (χ3n) is 2.29. The van der Waals surface area contributed by atoms with Crippen molar-refractivity contribution in [1.29, 1.82) is 0 Å². The van der Waals surface area contributed by atoms with Crippen LogP contribution in [-0.2, 0) is 9.24 Å². The van der Waals surface area contributed by atoms with Gasteiger partial charge in [-0.1, -0.05) is 26.0 Å². The van der Waals surface area contributed by atoms with E-state index in [0.29, 0.717) is 5.75 Å². The molecule has 0 unspecified atom stereocenters. The van der Waals surface area contributed by atoms with E-state index >= 15 is 0 Å². The topological polar surface area (TPSA) is 72.5 Å². The summed E-state index contributed by atoms with van der Waals surface area (Å²) in [5.74, 6) is 0.576. The first-order valence-corrected chi connectivity index (χ1v) is 7.54. The molecule has 7 heteroatoms. The van der Waals surface area contributed by atoms with Crippen molar-refractivity contribution >= 4 is 26.0 Å². The fourth-order valence-electron chi connectivity index (χ4n) is 1.31. The van der Waals surface area contributed by atoms with Gasteiger partial charge in [0.15, 0.2) is 0 Å². The number of nitrogens with one attached hydrogen (secondary N) is 1. The normalized spacial score (nSPS) is 11.4. The smallest absolute Gasteiger partial charge is 0.409 e. The number of aryl methyl sites for hydroxylation is 1. The second kappa shape index (κ2) is 5.58. The summed E-state index contributed by atoms with van der Waals surface area (Å²) in [7, 11) is 0.741. The lowest BCUT2D eigenvalue weighted by atomic mass is 10.0. The summed E-state index contributed by atoms with van der Waals surface area (Å²) in [6.45, 7) is 5.75. The van der Waals surface area contributed by atoms with Crippen LogP contribution in [0.1, 0.15) is 30.9 Å². The van der Waals surface area contributed by atoms with E-state index in [1.807, 2.05) is 19.9 Å². The Labute approximate surface area is 111 Å². The fourth-order valence-corrected chi connectivity index (χ4v) is 1.74. The molecule has 5 nitrogen and oxygen atoms in total. The molecule has 0 saturated heterocycles. The predicted octanol–water partition coefficient (Wildman–Crippen LogP) is 2.69. The summed E-state index contributed by atoms with van der Waals surface area (Å²) >= 11 is 0. The van der Waals surface area contributed by atoms with Crippen molar-refractivity contribution in [2.45, 2.75) is 26.7 Å². The summed E-state index contributed by atoms with van der Waals surface area (Å²) in [4.78, 5) is 11.3. The summed E-state index contributed by atoms with van der Waals surface area (Å²) in [5, 5.41) is 0. The molecule has 0 radical (unpaired) electrons. The highest BCUT2D eigenvalue weighted by Crippen LogP contribution is 2.24. The molecule has 0 bridgehead atoms. The lowest BCUT2D eigenvalue weighted by Gasteiger charge is -2.11. The van der Waals surface area contributed by atoms with Crippen LogP contribution in [0.3, 0.4) is 0 Å². The molecule has 1 amide bonds. The molecule has 100 valence electrons. The van der Waals surface area contributed by atoms with Gasteiger partial charge in [-0.25, -0.2) is 9.52 Å². The second-order valence-electron chi connectivity index (χ2n) is 4.11. The first-order chi connectivity index (χ1) is 8.19. The molecule has 0 aliphatic rings. The number of benzene rings is 1. The van der Waals surface area contributed by atoms with Gasteiger partial charge in [0.05, 0.1) is 0 Å². The molecule has 1 rings (SSSR count). The number of hydrogen-bond acceptors (Lipinski definition) is 4. The van der Waals surface area contributed by atoms with Gasteiger partial charge < -0.3 is 4.74 Å². The lowest BCUT2D eigenvalue weighted by Crippen LogP contribution is -2.29. The molecule has 1 aromatic carbocycles. The van der Waals surface area contributed by atoms with E-state index in [-0.39, 0.29) is 5.92 Å². The van der Waals surface area contributed by atoms with Crippen molar-refractivity contribution < 1.29 is 17.9 Å². The molecule has 0 fully saturated rings. The zero-order chi connectivity index (χ0) is 13.9. The van der Waals surface area contributed by atoms with E-state index in [9.17, 15) is 13.2 Å². The van der Waals surface area contributed by atoms with Crippen LogP contribution in [0.15, 0.2) is 18.2 Å². The number of halogens is 1. The van der Waals surface area contributed by atoms with Crippen LogP contribution in [0.4, 0.5) is 4.79 Å². The monoisotopic (exact) mass is 291 g/mol. The van der Waals surface area contributed by atoms with Crippen molar-refractivity contribution in [2.75, 3.05) is 0 Å². The zero-order valence-electron chi connectivity index (χ0n) is 10.2. The van der Waals surface area contributed by atoms with E-state index in [0.717, 1.165) is 11.1 Å². The van der Waals surface area contributed by atoms with Crippen LogP contribution < -0.4 is 9.46 Å². The Morgan fingerprint density at radius 3 is 2.50 bits per heavy atom. The minimum atomic E-state index is -4.14. The summed E-state index contributed by atoms with van der Waals surface area (Å²) in [6.07, 6.45) is -1.13. The van der Waals surface area contributed by atoms with E-state index in [1.165, 1.54) is 4.72 Å². The average Bonchev–Trinajstić information content (AvgIpc) is 2.18. The number of carbonyl (C=O) groups excluding carboxylic acids is 1. The fraction of sp³-hybridized carbons (Fsp3) is 0.364. The highest BCUT2D eigenvalue weighted by Gasteiger charge is 2.14. The second-order valence-corrected chi connectivity index (χ2v) is 6.41. The van der Waals surface area contributed by atoms with Gasteiger partial charge in [-0.05, 0) is 30.0 Å². The van der Waals surface area contributed by atoms with Gasteiger partial charge in [0, 0.05) is 10.7 Å². The first-order valence-electron chi connectivity index (χ1n) is 5.24. The summed E-state index contributed by atoms with van der Waals surface area (Å²) in [6, 6.07) is 5.41. The molecule has 0 atom stereocenters. The van der Waals surface area contributed by atoms with Gasteiger partial charge in [0.1, 0.15) is 5.75 Å². The standard InChI is InChI=1S/C11H14ClNO4S/c1-7(2)9-5-4-8(3)10(6-9)17-11(14)13-18(12,15)16/h4-7H,1-3H3,(H,13,14). The van der Waals surface area contributed by atoms with Gasteiger partial charge in [0.25, 0.3) is 0 Å². The number of amides is 1. The molecule has 1 aromatic rings. The largest absolute Gasteiger partial charge is 0.427 e. The van der Waals surface area contributed by atoms with Crippen molar-refractivity contribution in [1.82, 2.24) is 4.72 Å². The maximum atomic E-state index is 11.3. The number of carbonyl (C=O) groups is 1. The Bertz CT molecular complexity index is 554. The zero-order valence-corrected chi connectivity index (χ0v) is 11.8. The van der Waals surface area contributed by atoms with E-state index < -0.39 is 15.3 Å². The Hall–Kier alpha value is -1.27. The van der Waals surface area contributed by atoms with E-state index in [1.54, 1.807) is 19.1 Å². The van der Waals surface area contributed by atoms with Gasteiger partial charge >= 0.3 is 15.3 Å². The number of hydrogen-bond donors (Lipinski definition) is 1. The SMILES string of the molecule is Cc1ccc(C(C)C)cc1OC(=O)NS(=O)(=O)Cl. The molecular formula is C11H14ClNO4S.